The molecule has 1 saturated heterocycles. The van der Waals surface area contributed by atoms with Crippen LogP contribution in [0, 0.1) is 5.82 Å². The fourth-order valence-electron chi connectivity index (χ4n) is 1.91. The Kier molecular flexibility index (Phi) is 6.68. The summed E-state index contributed by atoms with van der Waals surface area (Å²) in [6.07, 6.45) is 0. The van der Waals surface area contributed by atoms with Crippen molar-refractivity contribution in [3.05, 3.63) is 34.6 Å². The topological polar surface area (TPSA) is 50.4 Å². The number of hydrogen-bond donors (Lipinski definition) is 2. The Bertz CT molecular complexity index is 468. The highest BCUT2D eigenvalue weighted by atomic mass is 35.5. The highest BCUT2D eigenvalue weighted by Gasteiger charge is 2.22. The van der Waals surface area contributed by atoms with E-state index in [1.807, 2.05) is 6.92 Å². The van der Waals surface area contributed by atoms with E-state index in [9.17, 15) is 9.18 Å². The third kappa shape index (κ3) is 4.31. The van der Waals surface area contributed by atoms with Crippen LogP contribution in [0.1, 0.15) is 18.5 Å². The van der Waals surface area contributed by atoms with E-state index in [1.54, 1.807) is 6.07 Å². The Morgan fingerprint density at radius 2 is 2.35 bits per heavy atom. The molecule has 1 heterocycles. The average molecular weight is 323 g/mol. The van der Waals surface area contributed by atoms with E-state index in [2.05, 4.69) is 10.6 Å². The first-order chi connectivity index (χ1) is 9.08. The Morgan fingerprint density at radius 3 is 2.95 bits per heavy atom. The average Bonchev–Trinajstić information content (AvgIpc) is 2.42. The first-order valence-corrected chi connectivity index (χ1v) is 6.52. The molecule has 2 rings (SSSR count). The number of halogens is 3. The quantitative estimate of drug-likeness (QED) is 0.895. The molecule has 2 unspecified atom stereocenters. The number of benzene rings is 1. The lowest BCUT2D eigenvalue weighted by molar-refractivity contribution is -0.126. The zero-order valence-electron chi connectivity index (χ0n) is 11.0. The molecule has 1 amide bonds. The van der Waals surface area contributed by atoms with Gasteiger partial charge in [-0.05, 0) is 24.6 Å². The van der Waals surface area contributed by atoms with Crippen molar-refractivity contribution >= 4 is 29.9 Å². The van der Waals surface area contributed by atoms with Crippen LogP contribution < -0.4 is 10.6 Å². The molecule has 2 atom stereocenters. The Morgan fingerprint density at radius 1 is 1.60 bits per heavy atom. The molecule has 7 heteroatoms. The van der Waals surface area contributed by atoms with Gasteiger partial charge in [-0.1, -0.05) is 17.7 Å². The molecule has 1 aromatic carbocycles. The van der Waals surface area contributed by atoms with Gasteiger partial charge in [0, 0.05) is 6.54 Å². The minimum Gasteiger partial charge on any atom is -0.378 e. The predicted octanol–water partition coefficient (Wildman–Crippen LogP) is 2.07. The Balaban J connectivity index is 0.00000200. The van der Waals surface area contributed by atoms with Crippen molar-refractivity contribution in [1.29, 1.82) is 0 Å². The molecule has 0 spiro atoms. The van der Waals surface area contributed by atoms with Gasteiger partial charge in [-0.15, -0.1) is 12.4 Å². The van der Waals surface area contributed by atoms with Gasteiger partial charge < -0.3 is 15.4 Å². The minimum absolute atomic E-state index is 0. The largest absolute Gasteiger partial charge is 0.378 e. The zero-order valence-corrected chi connectivity index (χ0v) is 12.6. The van der Waals surface area contributed by atoms with Gasteiger partial charge in [-0.3, -0.25) is 4.79 Å². The van der Waals surface area contributed by atoms with Gasteiger partial charge in [0.25, 0.3) is 0 Å². The van der Waals surface area contributed by atoms with Crippen LogP contribution in [0.25, 0.3) is 0 Å². The number of rotatable bonds is 3. The number of ether oxygens (including phenoxy) is 1. The molecule has 2 N–H and O–H groups in total. The van der Waals surface area contributed by atoms with Crippen molar-refractivity contribution in [3.8, 4) is 0 Å². The Hall–Kier alpha value is -0.880. The second-order valence-corrected chi connectivity index (χ2v) is 4.89. The van der Waals surface area contributed by atoms with Crippen LogP contribution in [0.3, 0.4) is 0 Å². The molecular weight excluding hydrogens is 306 g/mol. The summed E-state index contributed by atoms with van der Waals surface area (Å²) in [5, 5.41) is 5.98. The van der Waals surface area contributed by atoms with Crippen LogP contribution in [0.2, 0.25) is 5.02 Å². The van der Waals surface area contributed by atoms with Gasteiger partial charge in [-0.2, -0.15) is 0 Å². The Labute approximate surface area is 128 Å². The van der Waals surface area contributed by atoms with Crippen LogP contribution in [0.5, 0.6) is 0 Å². The van der Waals surface area contributed by atoms with Gasteiger partial charge in [0.1, 0.15) is 11.9 Å². The maximum Gasteiger partial charge on any atom is 0.240 e. The number of amides is 1. The third-order valence-electron chi connectivity index (χ3n) is 3.04. The molecule has 1 fully saturated rings. The summed E-state index contributed by atoms with van der Waals surface area (Å²) in [6.45, 7) is 3.47. The van der Waals surface area contributed by atoms with E-state index in [4.69, 9.17) is 16.3 Å². The van der Waals surface area contributed by atoms with Gasteiger partial charge in [0.15, 0.2) is 0 Å². The minimum atomic E-state index is -0.466. The molecule has 20 heavy (non-hydrogen) atoms. The molecule has 1 aliphatic rings. The van der Waals surface area contributed by atoms with Gasteiger partial charge in [0.05, 0.1) is 24.3 Å². The van der Waals surface area contributed by atoms with E-state index in [0.717, 1.165) is 5.56 Å². The van der Waals surface area contributed by atoms with Crippen molar-refractivity contribution in [1.82, 2.24) is 10.6 Å². The van der Waals surface area contributed by atoms with Crippen LogP contribution >= 0.6 is 24.0 Å². The number of morpholine rings is 1. The lowest BCUT2D eigenvalue weighted by atomic mass is 10.1. The molecule has 1 aliphatic heterocycles. The monoisotopic (exact) mass is 322 g/mol. The van der Waals surface area contributed by atoms with Crippen LogP contribution in [0.4, 0.5) is 4.39 Å². The summed E-state index contributed by atoms with van der Waals surface area (Å²) in [5.74, 6) is -0.598. The SMILES string of the molecule is CC(NC(=O)C1COCCN1)c1ccc(F)c(Cl)c1.Cl. The van der Waals surface area contributed by atoms with Crippen molar-refractivity contribution in [2.45, 2.75) is 19.0 Å². The molecular formula is C13H17Cl2FN2O2. The molecule has 4 nitrogen and oxygen atoms in total. The number of carbonyl (C=O) groups is 1. The van der Waals surface area contributed by atoms with Crippen LogP contribution in [0.15, 0.2) is 18.2 Å². The smallest absolute Gasteiger partial charge is 0.240 e. The van der Waals surface area contributed by atoms with Crippen LogP contribution in [-0.4, -0.2) is 31.7 Å². The standard InChI is InChI=1S/C13H16ClFN2O2.ClH/c1-8(9-2-3-11(15)10(14)6-9)17-13(18)12-7-19-5-4-16-12;/h2-3,6,8,12,16H,4-5,7H2,1H3,(H,17,18);1H. The maximum atomic E-state index is 13.1. The molecule has 1 aromatic rings. The maximum absolute atomic E-state index is 13.1. The van der Waals surface area contributed by atoms with E-state index < -0.39 is 5.82 Å². The second kappa shape index (κ2) is 7.78. The second-order valence-electron chi connectivity index (χ2n) is 4.49. The highest BCUT2D eigenvalue weighted by molar-refractivity contribution is 6.30. The summed E-state index contributed by atoms with van der Waals surface area (Å²) in [7, 11) is 0. The zero-order chi connectivity index (χ0) is 13.8. The summed E-state index contributed by atoms with van der Waals surface area (Å²) >= 11 is 5.72. The molecule has 0 radical (unpaired) electrons. The lowest BCUT2D eigenvalue weighted by Gasteiger charge is -2.25. The first kappa shape index (κ1) is 17.2. The van der Waals surface area contributed by atoms with Crippen molar-refractivity contribution in [2.24, 2.45) is 0 Å². The normalized spacial score (nSPS) is 19.9. The predicted molar refractivity (Wildman–Crippen MR) is 77.8 cm³/mol. The van der Waals surface area contributed by atoms with E-state index in [0.29, 0.717) is 19.8 Å². The molecule has 0 aromatic heterocycles. The third-order valence-corrected chi connectivity index (χ3v) is 3.33. The summed E-state index contributed by atoms with van der Waals surface area (Å²) in [6, 6.07) is 3.84. The number of nitrogens with one attached hydrogen (secondary N) is 2. The fourth-order valence-corrected chi connectivity index (χ4v) is 2.10. The lowest BCUT2D eigenvalue weighted by Crippen LogP contribution is -2.51. The molecule has 0 aliphatic carbocycles. The first-order valence-electron chi connectivity index (χ1n) is 6.14. The summed E-state index contributed by atoms with van der Waals surface area (Å²) < 4.78 is 18.3. The van der Waals surface area contributed by atoms with Gasteiger partial charge in [-0.25, -0.2) is 4.39 Å². The fraction of sp³-hybridized carbons (Fsp3) is 0.462. The highest BCUT2D eigenvalue weighted by Crippen LogP contribution is 2.20. The van der Waals surface area contributed by atoms with Crippen molar-refractivity contribution < 1.29 is 13.9 Å². The summed E-state index contributed by atoms with van der Waals surface area (Å²) in [4.78, 5) is 12.0. The molecule has 0 saturated carbocycles. The van der Waals surface area contributed by atoms with E-state index in [1.165, 1.54) is 12.1 Å². The number of hydrogen-bond acceptors (Lipinski definition) is 3. The van der Waals surface area contributed by atoms with E-state index >= 15 is 0 Å². The molecule has 112 valence electrons. The summed E-state index contributed by atoms with van der Waals surface area (Å²) in [5.41, 5.74) is 0.761. The van der Waals surface area contributed by atoms with Gasteiger partial charge in [0.2, 0.25) is 5.91 Å². The molecule has 0 bridgehead atoms. The number of carbonyl (C=O) groups excluding carboxylic acids is 1. The van der Waals surface area contributed by atoms with Gasteiger partial charge >= 0.3 is 0 Å². The van der Waals surface area contributed by atoms with Crippen molar-refractivity contribution in [3.63, 3.8) is 0 Å². The van der Waals surface area contributed by atoms with Crippen LogP contribution in [-0.2, 0) is 9.53 Å². The van der Waals surface area contributed by atoms with E-state index in [-0.39, 0.29) is 35.4 Å². The van der Waals surface area contributed by atoms with Crippen molar-refractivity contribution in [2.75, 3.05) is 19.8 Å².